The number of nitriles is 1. The highest BCUT2D eigenvalue weighted by Gasteiger charge is 2.31. The lowest BCUT2D eigenvalue weighted by atomic mass is 9.87. The molecule has 0 bridgehead atoms. The van der Waals surface area contributed by atoms with Gasteiger partial charge in [0.05, 0.1) is 17.3 Å². The summed E-state index contributed by atoms with van der Waals surface area (Å²) in [7, 11) is 2.07. The zero-order valence-corrected chi connectivity index (χ0v) is 25.5. The third-order valence-corrected chi connectivity index (χ3v) is 8.94. The molecule has 0 amide bonds. The second-order valence-corrected chi connectivity index (χ2v) is 12.0. The van der Waals surface area contributed by atoms with Crippen molar-refractivity contribution in [3.05, 3.63) is 142 Å². The van der Waals surface area contributed by atoms with Crippen LogP contribution in [-0.2, 0) is 6.42 Å². The quantitative estimate of drug-likeness (QED) is 0.293. The van der Waals surface area contributed by atoms with Gasteiger partial charge in [0.1, 0.15) is 17.4 Å². The molecule has 3 aromatic rings. The molecule has 0 saturated carbocycles. The van der Waals surface area contributed by atoms with E-state index < -0.39 is 0 Å². The lowest BCUT2D eigenvalue weighted by Gasteiger charge is -2.39. The molecule has 2 aromatic carbocycles. The Morgan fingerprint density at radius 2 is 1.89 bits per heavy atom. The van der Waals surface area contributed by atoms with E-state index in [4.69, 9.17) is 4.42 Å². The van der Waals surface area contributed by atoms with Gasteiger partial charge in [-0.15, -0.1) is 0 Å². The number of anilines is 1. The van der Waals surface area contributed by atoms with Crippen LogP contribution < -0.4 is 4.90 Å². The zero-order chi connectivity index (χ0) is 30.2. The van der Waals surface area contributed by atoms with Gasteiger partial charge in [-0.1, -0.05) is 67.0 Å². The number of para-hydroxylation sites is 1. The predicted molar refractivity (Wildman–Crippen MR) is 181 cm³/mol. The Balaban J connectivity index is 1.53. The topological polar surface area (TPSA) is 43.4 Å². The summed E-state index contributed by atoms with van der Waals surface area (Å²) >= 11 is 0. The van der Waals surface area contributed by atoms with Crippen LogP contribution in [0.5, 0.6) is 0 Å². The van der Waals surface area contributed by atoms with Crippen molar-refractivity contribution in [2.24, 2.45) is 5.92 Å². The number of furan rings is 1. The van der Waals surface area contributed by atoms with E-state index in [9.17, 15) is 5.26 Å². The van der Waals surface area contributed by atoms with E-state index in [1.807, 2.05) is 12.1 Å². The minimum Gasteiger partial charge on any atom is -0.460 e. The van der Waals surface area contributed by atoms with E-state index in [2.05, 4.69) is 133 Å². The SMILES string of the molecule is CC1CC=CC2=C1N(c1c(C#N)cc(C3=CCN(C)C=C3)cc1C1=Cc3c(oc4ccccc34)CC=C1)C(C)C=C=C=CC2. The average molecular weight is 574 g/mol. The molecule has 0 radical (unpaired) electrons. The highest BCUT2D eigenvalue weighted by atomic mass is 16.3. The van der Waals surface area contributed by atoms with Gasteiger partial charge in [-0.2, -0.15) is 5.26 Å². The zero-order valence-electron chi connectivity index (χ0n) is 25.5. The molecule has 2 aliphatic carbocycles. The van der Waals surface area contributed by atoms with Crippen molar-refractivity contribution in [2.45, 2.75) is 39.2 Å². The highest BCUT2D eigenvalue weighted by molar-refractivity contribution is 6.01. The lowest BCUT2D eigenvalue weighted by Crippen LogP contribution is -2.36. The molecule has 2 aliphatic heterocycles. The average Bonchev–Trinajstić information content (AvgIpc) is 3.29. The number of rotatable bonds is 3. The van der Waals surface area contributed by atoms with E-state index in [1.54, 1.807) is 0 Å². The van der Waals surface area contributed by atoms with Crippen molar-refractivity contribution >= 4 is 33.9 Å². The number of nitrogens with zero attached hydrogens (tertiary/aromatic N) is 3. The number of allylic oxidation sites excluding steroid dienone is 10. The first kappa shape index (κ1) is 27.6. The fourth-order valence-electron chi connectivity index (χ4n) is 6.75. The molecule has 4 heteroatoms. The third kappa shape index (κ3) is 4.93. The summed E-state index contributed by atoms with van der Waals surface area (Å²) in [5, 5.41) is 11.9. The number of benzene rings is 2. The summed E-state index contributed by atoms with van der Waals surface area (Å²) in [5.41, 5.74) is 16.9. The second kappa shape index (κ2) is 11.5. The molecule has 1 aromatic heterocycles. The standard InChI is InChI=1S/C40H35N3O/c1-27-11-9-14-30-13-6-4-5-12-28(2)43(39(27)30)40-33(26-41)23-32(29-19-21-42(3)22-20-29)25-35(40)31-15-10-18-38-36(24-31)34-16-7-8-17-37(34)44-38/h6-10,12,14-17,19-21,23-25,27-28H,11,13,18,22H2,1-3H3. The maximum atomic E-state index is 10.8. The van der Waals surface area contributed by atoms with Crippen molar-refractivity contribution in [2.75, 3.05) is 18.5 Å². The summed E-state index contributed by atoms with van der Waals surface area (Å²) in [5.74, 6) is 1.25. The first-order valence-electron chi connectivity index (χ1n) is 15.4. The van der Waals surface area contributed by atoms with Gasteiger partial charge in [0, 0.05) is 54.6 Å². The molecule has 7 rings (SSSR count). The van der Waals surface area contributed by atoms with E-state index in [1.165, 1.54) is 11.3 Å². The minimum absolute atomic E-state index is 0.0484. The van der Waals surface area contributed by atoms with Gasteiger partial charge >= 0.3 is 0 Å². The van der Waals surface area contributed by atoms with Crippen LogP contribution in [-0.4, -0.2) is 24.5 Å². The predicted octanol–water partition coefficient (Wildman–Crippen LogP) is 9.11. The van der Waals surface area contributed by atoms with Crippen LogP contribution in [0.4, 0.5) is 5.69 Å². The molecule has 0 fully saturated rings. The molecule has 4 nitrogen and oxygen atoms in total. The second-order valence-electron chi connectivity index (χ2n) is 12.0. The summed E-state index contributed by atoms with van der Waals surface area (Å²) < 4.78 is 6.30. The van der Waals surface area contributed by atoms with E-state index in [0.717, 1.165) is 69.6 Å². The lowest BCUT2D eigenvalue weighted by molar-refractivity contribution is 0.506. The van der Waals surface area contributed by atoms with Crippen molar-refractivity contribution < 1.29 is 4.42 Å². The Labute approximate surface area is 259 Å². The van der Waals surface area contributed by atoms with Crippen LogP contribution in [0, 0.1) is 17.2 Å². The highest BCUT2D eigenvalue weighted by Crippen LogP contribution is 2.44. The Morgan fingerprint density at radius 1 is 1.00 bits per heavy atom. The number of hydrogen-bond donors (Lipinski definition) is 0. The Kier molecular flexibility index (Phi) is 7.21. The van der Waals surface area contributed by atoms with E-state index >= 15 is 0 Å². The summed E-state index contributed by atoms with van der Waals surface area (Å²) in [6.45, 7) is 5.31. The molecule has 2 unspecified atom stereocenters. The van der Waals surface area contributed by atoms with Gasteiger partial charge < -0.3 is 14.2 Å². The molecule has 0 N–H and O–H groups in total. The first-order valence-corrected chi connectivity index (χ1v) is 15.4. The first-order chi connectivity index (χ1) is 21.5. The van der Waals surface area contributed by atoms with Gasteiger partial charge in [-0.05, 0) is 84.3 Å². The molecule has 2 atom stereocenters. The van der Waals surface area contributed by atoms with Crippen LogP contribution in [0.25, 0.3) is 28.2 Å². The van der Waals surface area contributed by atoms with Crippen molar-refractivity contribution in [1.29, 1.82) is 5.26 Å². The van der Waals surface area contributed by atoms with Gasteiger partial charge in [0.2, 0.25) is 0 Å². The molecule has 0 spiro atoms. The molecular weight excluding hydrogens is 538 g/mol. The summed E-state index contributed by atoms with van der Waals surface area (Å²) in [6, 6.07) is 15.2. The maximum absolute atomic E-state index is 10.8. The molecule has 4 aliphatic rings. The fourth-order valence-corrected chi connectivity index (χ4v) is 6.75. The Bertz CT molecular complexity index is 2000. The largest absolute Gasteiger partial charge is 0.460 e. The third-order valence-electron chi connectivity index (χ3n) is 8.94. The number of likely N-dealkylation sites (N-methyl/N-ethyl adjacent to an activating group) is 1. The Morgan fingerprint density at radius 3 is 2.73 bits per heavy atom. The summed E-state index contributed by atoms with van der Waals surface area (Å²) in [6.07, 6.45) is 24.2. The van der Waals surface area contributed by atoms with Crippen molar-refractivity contribution in [3.63, 3.8) is 0 Å². The molecule has 3 heterocycles. The van der Waals surface area contributed by atoms with Crippen LogP contribution in [0.2, 0.25) is 0 Å². The van der Waals surface area contributed by atoms with Gasteiger partial charge in [0.15, 0.2) is 0 Å². The minimum atomic E-state index is -0.0484. The van der Waals surface area contributed by atoms with Gasteiger partial charge in [-0.3, -0.25) is 0 Å². The monoisotopic (exact) mass is 573 g/mol. The van der Waals surface area contributed by atoms with Crippen LogP contribution in [0.1, 0.15) is 54.7 Å². The molecule has 44 heavy (non-hydrogen) atoms. The van der Waals surface area contributed by atoms with E-state index in [0.29, 0.717) is 17.9 Å². The number of hydrogen-bond acceptors (Lipinski definition) is 4. The maximum Gasteiger partial charge on any atom is 0.134 e. The smallest absolute Gasteiger partial charge is 0.134 e. The molecular formula is C40H35N3O. The molecule has 0 saturated heterocycles. The Hall–Kier alpha value is -5.19. The molecule has 216 valence electrons. The normalized spacial score (nSPS) is 20.9. The van der Waals surface area contributed by atoms with Crippen LogP contribution >= 0.6 is 0 Å². The summed E-state index contributed by atoms with van der Waals surface area (Å²) in [4.78, 5) is 4.55. The van der Waals surface area contributed by atoms with Crippen molar-refractivity contribution in [1.82, 2.24) is 4.90 Å². The number of fused-ring (bicyclic) bond motifs is 3. The van der Waals surface area contributed by atoms with Gasteiger partial charge in [-0.25, -0.2) is 0 Å². The van der Waals surface area contributed by atoms with E-state index in [-0.39, 0.29) is 6.04 Å². The fraction of sp³-hybridized carbons (Fsp3) is 0.225. The van der Waals surface area contributed by atoms with Crippen molar-refractivity contribution in [3.8, 4) is 6.07 Å². The van der Waals surface area contributed by atoms with Crippen LogP contribution in [0.15, 0.2) is 118 Å². The van der Waals surface area contributed by atoms with Crippen LogP contribution in [0.3, 0.4) is 0 Å². The van der Waals surface area contributed by atoms with Gasteiger partial charge in [0.25, 0.3) is 0 Å².